The molecule has 0 amide bonds. The summed E-state index contributed by atoms with van der Waals surface area (Å²) in [6, 6.07) is 2.84. The maximum atomic E-state index is 12.7. The Morgan fingerprint density at radius 1 is 1.25 bits per heavy atom. The molecule has 0 fully saturated rings. The molecule has 0 N–H and O–H groups in total. The molecule has 1 aromatic rings. The minimum Gasteiger partial charge on any atom is -0.207 e. The quantitative estimate of drug-likeness (QED) is 0.700. The highest BCUT2D eigenvalue weighted by Gasteiger charge is 2.30. The van der Waals surface area contributed by atoms with E-state index in [2.05, 4.69) is 0 Å². The van der Waals surface area contributed by atoms with Crippen molar-refractivity contribution in [1.82, 2.24) is 4.31 Å². The van der Waals surface area contributed by atoms with E-state index in [1.54, 1.807) is 13.0 Å². The molecule has 0 aliphatic heterocycles. The molecule has 1 aromatic carbocycles. The van der Waals surface area contributed by atoms with Crippen LogP contribution >= 0.6 is 34.8 Å². The van der Waals surface area contributed by atoms with Crippen LogP contribution in [0.2, 0.25) is 10.0 Å². The number of halogens is 3. The molecule has 0 aliphatic carbocycles. The highest BCUT2D eigenvalue weighted by Crippen LogP contribution is 2.33. The van der Waals surface area contributed by atoms with Gasteiger partial charge in [-0.2, -0.15) is 4.31 Å². The zero-order valence-corrected chi connectivity index (χ0v) is 14.7. The molecule has 3 nitrogen and oxygen atoms in total. The van der Waals surface area contributed by atoms with Crippen LogP contribution in [0.1, 0.15) is 32.8 Å². The highest BCUT2D eigenvalue weighted by atomic mass is 35.5. The lowest BCUT2D eigenvalue weighted by molar-refractivity contribution is 0.342. The molecular weight excluding hydrogens is 341 g/mol. The fourth-order valence-corrected chi connectivity index (χ4v) is 4.85. The Morgan fingerprint density at radius 3 is 2.30 bits per heavy atom. The first-order valence-corrected chi connectivity index (χ1v) is 9.08. The van der Waals surface area contributed by atoms with Gasteiger partial charge in [0, 0.05) is 23.5 Å². The number of sulfonamides is 1. The molecule has 0 saturated heterocycles. The van der Waals surface area contributed by atoms with Crippen LogP contribution in [0.15, 0.2) is 17.0 Å². The van der Waals surface area contributed by atoms with Gasteiger partial charge < -0.3 is 0 Å². The second-order valence-electron chi connectivity index (χ2n) is 4.48. The summed E-state index contributed by atoms with van der Waals surface area (Å²) in [6.07, 6.45) is 0.716. The van der Waals surface area contributed by atoms with E-state index in [0.717, 1.165) is 0 Å². The molecular formula is C13H18Cl3NO2S. The van der Waals surface area contributed by atoms with E-state index < -0.39 is 10.0 Å². The first-order chi connectivity index (χ1) is 9.29. The molecule has 0 heterocycles. The van der Waals surface area contributed by atoms with Gasteiger partial charge in [-0.1, -0.05) is 37.0 Å². The van der Waals surface area contributed by atoms with Gasteiger partial charge in [0.2, 0.25) is 10.0 Å². The van der Waals surface area contributed by atoms with Crippen molar-refractivity contribution >= 4 is 44.8 Å². The van der Waals surface area contributed by atoms with Gasteiger partial charge in [-0.25, -0.2) is 8.42 Å². The largest absolute Gasteiger partial charge is 0.244 e. The number of nitrogens with zero attached hydrogens (tertiary/aromatic N) is 1. The zero-order valence-electron chi connectivity index (χ0n) is 11.7. The number of hydrogen-bond acceptors (Lipinski definition) is 2. The Morgan fingerprint density at radius 2 is 1.85 bits per heavy atom. The Balaban J connectivity index is 3.45. The molecule has 0 bridgehead atoms. The van der Waals surface area contributed by atoms with Crippen LogP contribution < -0.4 is 0 Å². The van der Waals surface area contributed by atoms with E-state index in [-0.39, 0.29) is 21.8 Å². The van der Waals surface area contributed by atoms with E-state index in [9.17, 15) is 8.42 Å². The van der Waals surface area contributed by atoms with Crippen LogP contribution in [0, 0.1) is 0 Å². The predicted molar refractivity (Wildman–Crippen MR) is 85.3 cm³/mol. The van der Waals surface area contributed by atoms with Crippen LogP contribution in [0.5, 0.6) is 0 Å². The lowest BCUT2D eigenvalue weighted by atomic mass is 10.2. The minimum absolute atomic E-state index is 0.0180. The summed E-state index contributed by atoms with van der Waals surface area (Å²) >= 11 is 17.9. The van der Waals surface area contributed by atoms with E-state index in [0.29, 0.717) is 23.6 Å². The fraction of sp³-hybridized carbons (Fsp3) is 0.538. The van der Waals surface area contributed by atoms with E-state index in [1.165, 1.54) is 10.4 Å². The monoisotopic (exact) mass is 357 g/mol. The van der Waals surface area contributed by atoms with Gasteiger partial charge in [0.15, 0.2) is 0 Å². The summed E-state index contributed by atoms with van der Waals surface area (Å²) in [4.78, 5) is 0.0180. The topological polar surface area (TPSA) is 37.4 Å². The molecule has 0 saturated carbocycles. The molecule has 1 rings (SSSR count). The average molecular weight is 359 g/mol. The molecule has 0 radical (unpaired) electrons. The van der Waals surface area contributed by atoms with Crippen molar-refractivity contribution in [3.8, 4) is 0 Å². The highest BCUT2D eigenvalue weighted by molar-refractivity contribution is 7.89. The molecule has 1 atom stereocenters. The van der Waals surface area contributed by atoms with Gasteiger partial charge in [-0.3, -0.25) is 0 Å². The maximum Gasteiger partial charge on any atom is 0.244 e. The van der Waals surface area contributed by atoms with Gasteiger partial charge >= 0.3 is 0 Å². The Bertz CT molecular complexity index is 575. The Kier molecular flexibility index (Phi) is 6.61. The van der Waals surface area contributed by atoms with Crippen LogP contribution in [0.3, 0.4) is 0 Å². The number of hydrogen-bond donors (Lipinski definition) is 0. The van der Waals surface area contributed by atoms with Gasteiger partial charge in [0.05, 0.1) is 5.02 Å². The summed E-state index contributed by atoms with van der Waals surface area (Å²) < 4.78 is 26.9. The summed E-state index contributed by atoms with van der Waals surface area (Å²) in [5, 5.41) is 0.454. The SMILES string of the molecule is CCC(C)N(CC)S(=O)(=O)c1cc(Cl)cc(CCl)c1Cl. The summed E-state index contributed by atoms with van der Waals surface area (Å²) in [7, 11) is -3.69. The molecule has 7 heteroatoms. The summed E-state index contributed by atoms with van der Waals surface area (Å²) in [5.74, 6) is 0.109. The molecule has 1 unspecified atom stereocenters. The second-order valence-corrected chi connectivity index (χ2v) is 7.42. The van der Waals surface area contributed by atoms with Crippen molar-refractivity contribution < 1.29 is 8.42 Å². The third-order valence-corrected chi connectivity index (χ3v) is 6.38. The van der Waals surface area contributed by atoms with Crippen LogP contribution in [0.25, 0.3) is 0 Å². The third-order valence-electron chi connectivity index (χ3n) is 3.20. The van der Waals surface area contributed by atoms with Crippen molar-refractivity contribution in [3.05, 3.63) is 27.7 Å². The van der Waals surface area contributed by atoms with Crippen LogP contribution in [0.4, 0.5) is 0 Å². The van der Waals surface area contributed by atoms with Crippen molar-refractivity contribution in [2.24, 2.45) is 0 Å². The first-order valence-electron chi connectivity index (χ1n) is 6.35. The molecule has 20 heavy (non-hydrogen) atoms. The molecule has 0 aromatic heterocycles. The second kappa shape index (κ2) is 7.32. The van der Waals surface area contributed by atoms with Gasteiger partial charge in [-0.05, 0) is 31.0 Å². The maximum absolute atomic E-state index is 12.7. The lowest BCUT2D eigenvalue weighted by Crippen LogP contribution is -2.38. The Hall–Kier alpha value is -0.000000000000000111. The normalized spacial score (nSPS) is 13.8. The molecule has 0 aliphatic rings. The zero-order chi connectivity index (χ0) is 15.5. The van der Waals surface area contributed by atoms with Gasteiger partial charge in [-0.15, -0.1) is 11.6 Å². The van der Waals surface area contributed by atoms with E-state index >= 15 is 0 Å². The third kappa shape index (κ3) is 3.60. The molecule has 114 valence electrons. The number of benzene rings is 1. The first kappa shape index (κ1) is 18.1. The predicted octanol–water partition coefficient (Wildman–Crippen LogP) is 4.54. The molecule has 0 spiro atoms. The number of alkyl halides is 1. The van der Waals surface area contributed by atoms with Crippen LogP contribution in [-0.2, 0) is 15.9 Å². The average Bonchev–Trinajstić information content (AvgIpc) is 2.40. The lowest BCUT2D eigenvalue weighted by Gasteiger charge is -2.27. The summed E-state index contributed by atoms with van der Waals surface area (Å²) in [6.45, 7) is 5.97. The van der Waals surface area contributed by atoms with Crippen LogP contribution in [-0.4, -0.2) is 25.3 Å². The Labute approximate surface area is 135 Å². The van der Waals surface area contributed by atoms with Crippen molar-refractivity contribution in [2.75, 3.05) is 6.54 Å². The van der Waals surface area contributed by atoms with Crippen molar-refractivity contribution in [2.45, 2.75) is 44.0 Å². The minimum atomic E-state index is -3.69. The summed E-state index contributed by atoms with van der Waals surface area (Å²) in [5.41, 5.74) is 0.514. The van der Waals surface area contributed by atoms with Crippen molar-refractivity contribution in [3.63, 3.8) is 0 Å². The standard InChI is InChI=1S/C13H18Cl3NO2S/c1-4-9(3)17(5-2)20(18,19)12-7-11(15)6-10(8-14)13(12)16/h6-7,9H,4-5,8H2,1-3H3. The van der Waals surface area contributed by atoms with E-state index in [1.807, 2.05) is 13.8 Å². The number of rotatable bonds is 6. The smallest absolute Gasteiger partial charge is 0.207 e. The van der Waals surface area contributed by atoms with Gasteiger partial charge in [0.1, 0.15) is 4.90 Å². The fourth-order valence-electron chi connectivity index (χ4n) is 1.95. The van der Waals surface area contributed by atoms with Crippen molar-refractivity contribution in [1.29, 1.82) is 0 Å². The van der Waals surface area contributed by atoms with E-state index in [4.69, 9.17) is 34.8 Å². The van der Waals surface area contributed by atoms with Gasteiger partial charge in [0.25, 0.3) is 0 Å².